The van der Waals surface area contributed by atoms with Crippen LogP contribution in [0.4, 0.5) is 5.69 Å². The molecule has 2 aliphatic rings. The molecule has 2 aromatic heterocycles. The van der Waals surface area contributed by atoms with Gasteiger partial charge in [0.2, 0.25) is 0 Å². The molecule has 2 aromatic carbocycles. The minimum atomic E-state index is 0.590. The molecule has 6 rings (SSSR count). The highest BCUT2D eigenvalue weighted by atomic mass is 32.1. The van der Waals surface area contributed by atoms with E-state index in [-0.39, 0.29) is 0 Å². The molecule has 2 unspecified atom stereocenters. The summed E-state index contributed by atoms with van der Waals surface area (Å²) in [7, 11) is 2.32. The van der Waals surface area contributed by atoms with Gasteiger partial charge in [0.1, 0.15) is 5.69 Å². The molecule has 2 N–H and O–H groups in total. The Morgan fingerprint density at radius 3 is 2.59 bits per heavy atom. The second-order valence-corrected chi connectivity index (χ2v) is 9.72. The van der Waals surface area contributed by atoms with Gasteiger partial charge < -0.3 is 10.2 Å². The smallest absolute Gasteiger partial charge is 0.110 e. The van der Waals surface area contributed by atoms with E-state index >= 15 is 0 Å². The summed E-state index contributed by atoms with van der Waals surface area (Å²) in [6.45, 7) is 0. The standard InChI is InChI=1S/C24H26N4S/c1-28-18-5-4-6-19(28)14-17(13-18)25-16-11-9-15(10-12-16)22-24-23(27-26-22)20-7-2-3-8-21(20)29-24/h2-3,7-12,17-19,25H,4-6,13-14H2,1H3,(H,26,27). The highest BCUT2D eigenvalue weighted by Crippen LogP contribution is 2.38. The number of thiophene rings is 1. The molecule has 4 nitrogen and oxygen atoms in total. The number of aromatic amines is 1. The van der Waals surface area contributed by atoms with Gasteiger partial charge in [-0.2, -0.15) is 5.10 Å². The van der Waals surface area contributed by atoms with Crippen LogP contribution >= 0.6 is 11.3 Å². The lowest BCUT2D eigenvalue weighted by Crippen LogP contribution is -2.52. The predicted octanol–water partition coefficient (Wildman–Crippen LogP) is 5.87. The summed E-state index contributed by atoms with van der Waals surface area (Å²) in [6, 6.07) is 19.5. The number of benzene rings is 2. The zero-order chi connectivity index (χ0) is 19.4. The minimum absolute atomic E-state index is 0.590. The van der Waals surface area contributed by atoms with Gasteiger partial charge in [-0.15, -0.1) is 11.3 Å². The largest absolute Gasteiger partial charge is 0.382 e. The first-order valence-corrected chi connectivity index (χ1v) is 11.5. The van der Waals surface area contributed by atoms with E-state index in [0.29, 0.717) is 6.04 Å². The maximum atomic E-state index is 4.63. The van der Waals surface area contributed by atoms with E-state index in [4.69, 9.17) is 0 Å². The summed E-state index contributed by atoms with van der Waals surface area (Å²) in [6.07, 6.45) is 6.63. The Hall–Kier alpha value is -2.37. The Morgan fingerprint density at radius 1 is 1.03 bits per heavy atom. The number of nitrogens with one attached hydrogen (secondary N) is 2. The monoisotopic (exact) mass is 402 g/mol. The van der Waals surface area contributed by atoms with Gasteiger partial charge in [0.05, 0.1) is 10.2 Å². The molecule has 2 atom stereocenters. The van der Waals surface area contributed by atoms with E-state index in [1.165, 1.54) is 58.1 Å². The van der Waals surface area contributed by atoms with Crippen LogP contribution in [0.25, 0.3) is 31.6 Å². The lowest BCUT2D eigenvalue weighted by atomic mass is 9.82. The first kappa shape index (κ1) is 17.5. The molecule has 2 saturated heterocycles. The van der Waals surface area contributed by atoms with Crippen LogP contribution in [0.3, 0.4) is 0 Å². The van der Waals surface area contributed by atoms with Crippen molar-refractivity contribution in [2.24, 2.45) is 0 Å². The Morgan fingerprint density at radius 2 is 1.79 bits per heavy atom. The van der Waals surface area contributed by atoms with E-state index in [1.807, 2.05) is 11.3 Å². The van der Waals surface area contributed by atoms with Crippen LogP contribution in [0, 0.1) is 0 Å². The van der Waals surface area contributed by atoms with Gasteiger partial charge in [-0.05, 0) is 50.9 Å². The van der Waals surface area contributed by atoms with E-state index in [0.717, 1.165) is 23.3 Å². The molecule has 0 radical (unpaired) electrons. The molecule has 29 heavy (non-hydrogen) atoms. The van der Waals surface area contributed by atoms with Crippen molar-refractivity contribution in [2.75, 3.05) is 12.4 Å². The quantitative estimate of drug-likeness (QED) is 0.450. The fourth-order valence-corrected chi connectivity index (χ4v) is 6.54. The van der Waals surface area contributed by atoms with Crippen LogP contribution in [0.2, 0.25) is 0 Å². The molecular weight excluding hydrogens is 376 g/mol. The lowest BCUT2D eigenvalue weighted by molar-refractivity contribution is 0.0608. The van der Waals surface area contributed by atoms with E-state index in [9.17, 15) is 0 Å². The topological polar surface area (TPSA) is 44.0 Å². The number of H-pyrrole nitrogens is 1. The highest BCUT2D eigenvalue weighted by Gasteiger charge is 2.35. The molecule has 148 valence electrons. The van der Waals surface area contributed by atoms with Crippen LogP contribution in [0.1, 0.15) is 32.1 Å². The van der Waals surface area contributed by atoms with Gasteiger partial charge in [-0.3, -0.25) is 5.10 Å². The fourth-order valence-electron chi connectivity index (χ4n) is 5.38. The number of aromatic nitrogens is 2. The summed E-state index contributed by atoms with van der Waals surface area (Å²) in [5, 5.41) is 13.0. The third kappa shape index (κ3) is 2.95. The van der Waals surface area contributed by atoms with Gasteiger partial charge in [-0.1, -0.05) is 36.8 Å². The summed E-state index contributed by atoms with van der Waals surface area (Å²) >= 11 is 1.82. The average Bonchev–Trinajstić information content (AvgIpc) is 3.29. The zero-order valence-electron chi connectivity index (χ0n) is 16.7. The average molecular weight is 403 g/mol. The van der Waals surface area contributed by atoms with Crippen molar-refractivity contribution in [2.45, 2.75) is 50.2 Å². The first-order chi connectivity index (χ1) is 14.3. The molecule has 2 fully saturated rings. The minimum Gasteiger partial charge on any atom is -0.382 e. The van der Waals surface area contributed by atoms with Crippen LogP contribution in [0.15, 0.2) is 48.5 Å². The summed E-state index contributed by atoms with van der Waals surface area (Å²) in [5.41, 5.74) is 4.61. The molecule has 2 aliphatic heterocycles. The van der Waals surface area contributed by atoms with Crippen molar-refractivity contribution >= 4 is 37.3 Å². The SMILES string of the molecule is CN1C2CCCC1CC(Nc1ccc(-c3n[nH]c4c3sc3ccccc34)cc1)C2. The number of rotatable bonds is 3. The molecule has 5 heteroatoms. The zero-order valence-corrected chi connectivity index (χ0v) is 17.5. The number of piperidine rings is 2. The van der Waals surface area contributed by atoms with Gasteiger partial charge in [0.25, 0.3) is 0 Å². The Labute approximate surface area is 174 Å². The van der Waals surface area contributed by atoms with Crippen molar-refractivity contribution in [3.63, 3.8) is 0 Å². The van der Waals surface area contributed by atoms with Crippen molar-refractivity contribution in [3.05, 3.63) is 48.5 Å². The Bertz CT molecular complexity index is 1140. The normalized spacial score (nSPS) is 24.9. The molecular formula is C24H26N4S. The van der Waals surface area contributed by atoms with E-state index in [1.54, 1.807) is 0 Å². The van der Waals surface area contributed by atoms with E-state index < -0.39 is 0 Å². The third-order valence-electron chi connectivity index (χ3n) is 6.96. The van der Waals surface area contributed by atoms with Crippen LogP contribution in [-0.4, -0.2) is 40.3 Å². The number of hydrogen-bond acceptors (Lipinski definition) is 4. The maximum absolute atomic E-state index is 4.63. The van der Waals surface area contributed by atoms with Gasteiger partial charge in [0.15, 0.2) is 0 Å². The molecule has 0 aliphatic carbocycles. The van der Waals surface area contributed by atoms with Gasteiger partial charge in [0, 0.05) is 39.5 Å². The molecule has 4 heterocycles. The summed E-state index contributed by atoms with van der Waals surface area (Å²) < 4.78 is 2.55. The van der Waals surface area contributed by atoms with Crippen molar-refractivity contribution < 1.29 is 0 Å². The predicted molar refractivity (Wildman–Crippen MR) is 123 cm³/mol. The van der Waals surface area contributed by atoms with Crippen molar-refractivity contribution in [1.29, 1.82) is 0 Å². The van der Waals surface area contributed by atoms with Crippen molar-refractivity contribution in [3.8, 4) is 11.3 Å². The molecule has 4 aromatic rings. The highest BCUT2D eigenvalue weighted by molar-refractivity contribution is 7.26. The van der Waals surface area contributed by atoms with E-state index in [2.05, 4.69) is 76.0 Å². The number of anilines is 1. The maximum Gasteiger partial charge on any atom is 0.110 e. The Balaban J connectivity index is 1.24. The van der Waals surface area contributed by atoms with Gasteiger partial charge >= 0.3 is 0 Å². The number of nitrogens with zero attached hydrogens (tertiary/aromatic N) is 2. The summed E-state index contributed by atoms with van der Waals surface area (Å²) in [5.74, 6) is 0. The van der Waals surface area contributed by atoms with Crippen LogP contribution < -0.4 is 5.32 Å². The second kappa shape index (κ2) is 6.85. The lowest BCUT2D eigenvalue weighted by Gasteiger charge is -2.47. The van der Waals surface area contributed by atoms with Gasteiger partial charge in [-0.25, -0.2) is 0 Å². The molecule has 0 spiro atoms. The Kier molecular flexibility index (Phi) is 4.13. The number of fused-ring (bicyclic) bond motifs is 5. The first-order valence-electron chi connectivity index (χ1n) is 10.7. The third-order valence-corrected chi connectivity index (χ3v) is 8.14. The molecule has 0 amide bonds. The molecule has 0 saturated carbocycles. The van der Waals surface area contributed by atoms with Crippen molar-refractivity contribution in [1.82, 2.24) is 15.1 Å². The molecule has 2 bridgehead atoms. The fraction of sp³-hybridized carbons (Fsp3) is 0.375. The second-order valence-electron chi connectivity index (χ2n) is 8.67. The number of hydrogen-bond donors (Lipinski definition) is 2. The van der Waals surface area contributed by atoms with Crippen LogP contribution in [-0.2, 0) is 0 Å². The van der Waals surface area contributed by atoms with Crippen LogP contribution in [0.5, 0.6) is 0 Å². The summed E-state index contributed by atoms with van der Waals surface area (Å²) in [4.78, 5) is 2.62.